The van der Waals surface area contributed by atoms with E-state index in [0.29, 0.717) is 30.8 Å². The van der Waals surface area contributed by atoms with Crippen molar-refractivity contribution in [2.24, 2.45) is 13.0 Å². The number of carbonyl (C=O) groups excluding carboxylic acids is 2. The van der Waals surface area contributed by atoms with Crippen LogP contribution in [0.1, 0.15) is 29.0 Å². The third kappa shape index (κ3) is 4.24. The number of benzene rings is 1. The summed E-state index contributed by atoms with van der Waals surface area (Å²) >= 11 is 0. The van der Waals surface area contributed by atoms with E-state index in [1.165, 1.54) is 9.21 Å². The number of anilines is 1. The average Bonchev–Trinajstić information content (AvgIpc) is 3.02. The molecule has 0 saturated carbocycles. The van der Waals surface area contributed by atoms with Gasteiger partial charge in [0.05, 0.1) is 22.2 Å². The third-order valence-corrected chi connectivity index (χ3v) is 7.21. The average molecular weight is 434 g/mol. The van der Waals surface area contributed by atoms with Crippen molar-refractivity contribution in [3.63, 3.8) is 0 Å². The maximum Gasteiger partial charge on any atom is 0.276 e. The molecule has 1 aromatic heterocycles. The molecule has 0 spiro atoms. The number of hydrogen-bond acceptors (Lipinski definition) is 5. The smallest absolute Gasteiger partial charge is 0.276 e. The van der Waals surface area contributed by atoms with Crippen LogP contribution in [-0.2, 0) is 21.9 Å². The van der Waals surface area contributed by atoms with Crippen LogP contribution in [0.5, 0.6) is 0 Å². The van der Waals surface area contributed by atoms with Crippen LogP contribution in [0.15, 0.2) is 35.2 Å². The Morgan fingerprint density at radius 3 is 2.50 bits per heavy atom. The predicted molar refractivity (Wildman–Crippen MR) is 113 cm³/mol. The molecule has 1 fully saturated rings. The van der Waals surface area contributed by atoms with Crippen LogP contribution in [0.25, 0.3) is 0 Å². The second-order valence-corrected chi connectivity index (χ2v) is 9.57. The van der Waals surface area contributed by atoms with E-state index < -0.39 is 15.9 Å². The molecule has 1 unspecified atom stereocenters. The van der Waals surface area contributed by atoms with Crippen molar-refractivity contribution in [1.29, 1.82) is 0 Å². The number of piperidine rings is 1. The molecule has 10 heteroatoms. The second-order valence-electron chi connectivity index (χ2n) is 7.64. The molecule has 9 nitrogen and oxygen atoms in total. The number of nitrogens with zero attached hydrogens (tertiary/aromatic N) is 4. The van der Waals surface area contributed by atoms with E-state index in [9.17, 15) is 18.0 Å². The van der Waals surface area contributed by atoms with Crippen LogP contribution < -0.4 is 5.32 Å². The zero-order valence-corrected chi connectivity index (χ0v) is 18.4. The normalized spacial score (nSPS) is 17.5. The Hall–Kier alpha value is -2.72. The summed E-state index contributed by atoms with van der Waals surface area (Å²) in [6.45, 7) is 2.23. The first-order chi connectivity index (χ1) is 14.1. The number of nitrogens with one attached hydrogen (secondary N) is 1. The molecule has 0 bridgehead atoms. The number of aryl methyl sites for hydroxylation is 1. The summed E-state index contributed by atoms with van der Waals surface area (Å²) in [6.07, 6.45) is 1.16. The summed E-state index contributed by atoms with van der Waals surface area (Å²) in [5.41, 5.74) is 1.18. The summed E-state index contributed by atoms with van der Waals surface area (Å²) in [6, 6.07) is 8.22. The molecule has 0 aliphatic carbocycles. The van der Waals surface area contributed by atoms with Crippen LogP contribution in [0.3, 0.4) is 0 Å². The van der Waals surface area contributed by atoms with Gasteiger partial charge in [-0.05, 0) is 31.9 Å². The minimum Gasteiger partial charge on any atom is -0.343 e. The minimum atomic E-state index is -3.66. The van der Waals surface area contributed by atoms with Gasteiger partial charge in [0.2, 0.25) is 15.9 Å². The van der Waals surface area contributed by atoms with E-state index in [1.54, 1.807) is 63.1 Å². The van der Waals surface area contributed by atoms with Gasteiger partial charge < -0.3 is 10.2 Å². The number of carbonyl (C=O) groups is 2. The highest BCUT2D eigenvalue weighted by Crippen LogP contribution is 2.26. The number of sulfonamides is 1. The highest BCUT2D eigenvalue weighted by Gasteiger charge is 2.34. The Morgan fingerprint density at radius 2 is 1.87 bits per heavy atom. The van der Waals surface area contributed by atoms with Crippen molar-refractivity contribution in [1.82, 2.24) is 19.0 Å². The molecule has 162 valence electrons. The Morgan fingerprint density at radius 1 is 1.20 bits per heavy atom. The van der Waals surface area contributed by atoms with Gasteiger partial charge in [-0.25, -0.2) is 8.42 Å². The molecular formula is C20H27N5O4S. The van der Waals surface area contributed by atoms with Crippen LogP contribution >= 0.6 is 0 Å². The highest BCUT2D eigenvalue weighted by molar-refractivity contribution is 7.89. The molecule has 2 aromatic rings. The number of amides is 2. The van der Waals surface area contributed by atoms with Gasteiger partial charge in [0.25, 0.3) is 5.91 Å². The first-order valence-electron chi connectivity index (χ1n) is 9.74. The van der Waals surface area contributed by atoms with Crippen LogP contribution in [0.2, 0.25) is 0 Å². The zero-order chi connectivity index (χ0) is 22.1. The molecule has 3 rings (SSSR count). The molecule has 1 aliphatic rings. The first-order valence-corrected chi connectivity index (χ1v) is 11.2. The summed E-state index contributed by atoms with van der Waals surface area (Å²) in [4.78, 5) is 27.0. The van der Waals surface area contributed by atoms with Gasteiger partial charge in [-0.2, -0.15) is 9.40 Å². The summed E-state index contributed by atoms with van der Waals surface area (Å²) < 4.78 is 28.7. The second kappa shape index (κ2) is 8.57. The van der Waals surface area contributed by atoms with Crippen molar-refractivity contribution in [2.75, 3.05) is 32.5 Å². The molecule has 1 N–H and O–H groups in total. The SMILES string of the molecule is Cc1c(NC(=O)C2CCCN(S(=O)(=O)c3ccccc3)C2)c(C(=O)N(C)C)nn1C. The van der Waals surface area contributed by atoms with Gasteiger partial charge in [0, 0.05) is 34.2 Å². The van der Waals surface area contributed by atoms with Crippen LogP contribution in [-0.4, -0.2) is 66.4 Å². The van der Waals surface area contributed by atoms with E-state index in [1.807, 2.05) is 0 Å². The van der Waals surface area contributed by atoms with E-state index in [-0.39, 0.29) is 28.9 Å². The monoisotopic (exact) mass is 433 g/mol. The highest BCUT2D eigenvalue weighted by atomic mass is 32.2. The maximum atomic E-state index is 13.0. The fraction of sp³-hybridized carbons (Fsp3) is 0.450. The van der Waals surface area contributed by atoms with Gasteiger partial charge in [0.1, 0.15) is 0 Å². The summed E-state index contributed by atoms with van der Waals surface area (Å²) in [7, 11) is 1.27. The Kier molecular flexibility index (Phi) is 6.27. The quantitative estimate of drug-likeness (QED) is 0.769. The summed E-state index contributed by atoms with van der Waals surface area (Å²) in [5.74, 6) is -1.14. The van der Waals surface area contributed by atoms with Gasteiger partial charge in [0.15, 0.2) is 5.69 Å². The van der Waals surface area contributed by atoms with E-state index in [2.05, 4.69) is 10.4 Å². The van der Waals surface area contributed by atoms with Gasteiger partial charge in [-0.15, -0.1) is 0 Å². The lowest BCUT2D eigenvalue weighted by Gasteiger charge is -2.31. The standard InChI is InChI=1S/C20H27N5O4S/c1-14-17(18(22-24(14)4)20(27)23(2)3)21-19(26)15-9-8-12-25(13-15)30(28,29)16-10-6-5-7-11-16/h5-7,10-11,15H,8-9,12-13H2,1-4H3,(H,21,26). The van der Waals surface area contributed by atoms with E-state index in [0.717, 1.165) is 0 Å². The lowest BCUT2D eigenvalue weighted by atomic mass is 9.98. The molecule has 1 atom stereocenters. The number of aromatic nitrogens is 2. The van der Waals surface area contributed by atoms with Crippen LogP contribution in [0, 0.1) is 12.8 Å². The molecule has 0 radical (unpaired) electrons. The van der Waals surface area contributed by atoms with Crippen molar-refractivity contribution in [2.45, 2.75) is 24.7 Å². The fourth-order valence-corrected chi connectivity index (χ4v) is 5.01. The zero-order valence-electron chi connectivity index (χ0n) is 17.6. The Bertz CT molecular complexity index is 1050. The fourth-order valence-electron chi connectivity index (χ4n) is 3.46. The summed E-state index contributed by atoms with van der Waals surface area (Å²) in [5, 5.41) is 7.05. The topological polar surface area (TPSA) is 105 Å². The molecule has 1 aromatic carbocycles. The molecular weight excluding hydrogens is 406 g/mol. The maximum absolute atomic E-state index is 13.0. The van der Waals surface area contributed by atoms with Gasteiger partial charge in [-0.1, -0.05) is 18.2 Å². The molecule has 2 amide bonds. The van der Waals surface area contributed by atoms with E-state index >= 15 is 0 Å². The number of hydrogen-bond donors (Lipinski definition) is 1. The lowest BCUT2D eigenvalue weighted by Crippen LogP contribution is -2.43. The van der Waals surface area contributed by atoms with E-state index in [4.69, 9.17) is 0 Å². The van der Waals surface area contributed by atoms with Crippen LogP contribution in [0.4, 0.5) is 5.69 Å². The minimum absolute atomic E-state index is 0.0966. The number of rotatable bonds is 5. The first kappa shape index (κ1) is 22.0. The van der Waals surface area contributed by atoms with Gasteiger partial charge in [-0.3, -0.25) is 14.3 Å². The largest absolute Gasteiger partial charge is 0.343 e. The predicted octanol–water partition coefficient (Wildman–Crippen LogP) is 1.47. The van der Waals surface area contributed by atoms with Crippen molar-refractivity contribution >= 4 is 27.5 Å². The Labute approximate surface area is 176 Å². The molecule has 30 heavy (non-hydrogen) atoms. The third-order valence-electron chi connectivity index (χ3n) is 5.33. The van der Waals surface area contributed by atoms with Crippen molar-refractivity contribution in [3.8, 4) is 0 Å². The van der Waals surface area contributed by atoms with Crippen molar-refractivity contribution in [3.05, 3.63) is 41.7 Å². The molecule has 1 saturated heterocycles. The molecule has 1 aliphatic heterocycles. The molecule has 2 heterocycles. The van der Waals surface area contributed by atoms with Gasteiger partial charge >= 0.3 is 0 Å². The lowest BCUT2D eigenvalue weighted by molar-refractivity contribution is -0.120. The Balaban J connectivity index is 1.80. The van der Waals surface area contributed by atoms with Crippen molar-refractivity contribution < 1.29 is 18.0 Å².